The van der Waals surface area contributed by atoms with Gasteiger partial charge in [0.2, 0.25) is 0 Å². The molecule has 4 aromatic rings. The van der Waals surface area contributed by atoms with E-state index in [1.54, 1.807) is 0 Å². The zero-order valence-electron chi connectivity index (χ0n) is 15.2. The second-order valence-electron chi connectivity index (χ2n) is 5.01. The molecule has 0 fully saturated rings. The molecule has 18 heteroatoms. The van der Waals surface area contributed by atoms with Crippen LogP contribution < -0.4 is 147 Å². The van der Waals surface area contributed by atoms with Crippen LogP contribution in [0.3, 0.4) is 0 Å². The SMILES string of the molecule is O=c1[nH]c(=O)c2nc([O-])[nH]c(=O)c2[nH]1.O=c1[nH]c(=O)c2nc([O-])[nH]c(=O)c2[nH]1.[K+].[K+]. The maximum Gasteiger partial charge on any atom is 1.00 e. The van der Waals surface area contributed by atoms with Crippen LogP contribution in [0.25, 0.3) is 22.1 Å². The fraction of sp³-hybridized carbons (Fsp3) is 0. The Hall–Kier alpha value is -1.49. The van der Waals surface area contributed by atoms with Gasteiger partial charge in [0.15, 0.2) is 11.0 Å². The second kappa shape index (κ2) is 10.7. The van der Waals surface area contributed by atoms with Crippen LogP contribution >= 0.6 is 0 Å². The first-order valence-corrected chi connectivity index (χ1v) is 7.03. The molecule has 16 nitrogen and oxygen atoms in total. The Balaban J connectivity index is 0.000000281. The maximum absolute atomic E-state index is 11.1. The monoisotopic (exact) mass is 468 g/mol. The van der Waals surface area contributed by atoms with Crippen LogP contribution in [0.15, 0.2) is 28.8 Å². The summed E-state index contributed by atoms with van der Waals surface area (Å²) < 4.78 is 0. The summed E-state index contributed by atoms with van der Waals surface area (Å²) in [6, 6.07) is -1.86. The van der Waals surface area contributed by atoms with Crippen molar-refractivity contribution < 1.29 is 113 Å². The van der Waals surface area contributed by atoms with E-state index in [0.29, 0.717) is 0 Å². The summed E-state index contributed by atoms with van der Waals surface area (Å²) in [5.74, 6) is 0. The number of nitrogens with one attached hydrogen (secondary N) is 6. The summed E-state index contributed by atoms with van der Waals surface area (Å²) in [6.45, 7) is 0. The molecule has 0 aliphatic heterocycles. The van der Waals surface area contributed by atoms with Gasteiger partial charge in [-0.2, -0.15) is 0 Å². The van der Waals surface area contributed by atoms with Crippen molar-refractivity contribution in [2.45, 2.75) is 0 Å². The quantitative estimate of drug-likeness (QED) is 0.133. The van der Waals surface area contributed by atoms with Crippen molar-refractivity contribution in [3.05, 3.63) is 62.4 Å². The number of rotatable bonds is 0. The molecule has 0 radical (unpaired) electrons. The molecule has 4 aromatic heterocycles. The van der Waals surface area contributed by atoms with E-state index in [2.05, 4.69) is 19.9 Å². The van der Waals surface area contributed by atoms with E-state index in [1.807, 2.05) is 19.9 Å². The fourth-order valence-electron chi connectivity index (χ4n) is 2.08. The van der Waals surface area contributed by atoms with Crippen LogP contribution in [-0.2, 0) is 0 Å². The van der Waals surface area contributed by atoms with Gasteiger partial charge in [0.25, 0.3) is 22.2 Å². The third kappa shape index (κ3) is 5.81. The first-order chi connectivity index (χ1) is 13.2. The minimum absolute atomic E-state index is 0. The predicted molar refractivity (Wildman–Crippen MR) is 86.1 cm³/mol. The van der Waals surface area contributed by atoms with Crippen LogP contribution in [0.2, 0.25) is 0 Å². The predicted octanol–water partition coefficient (Wildman–Crippen LogP) is -11.2. The molecule has 6 N–H and O–H groups in total. The van der Waals surface area contributed by atoms with Gasteiger partial charge in [-0.15, -0.1) is 0 Å². The number of H-pyrrole nitrogens is 6. The van der Waals surface area contributed by atoms with E-state index in [1.165, 1.54) is 0 Å². The van der Waals surface area contributed by atoms with Gasteiger partial charge in [0, 0.05) is 0 Å². The molecule has 0 bridgehead atoms. The third-order valence-electron chi connectivity index (χ3n) is 3.16. The van der Waals surface area contributed by atoms with Crippen molar-refractivity contribution in [3.8, 4) is 12.0 Å². The van der Waals surface area contributed by atoms with Crippen LogP contribution in [0, 0.1) is 0 Å². The topological polar surface area (TPSA) is 269 Å². The van der Waals surface area contributed by atoms with Crippen molar-refractivity contribution in [2.75, 3.05) is 0 Å². The summed E-state index contributed by atoms with van der Waals surface area (Å²) in [4.78, 5) is 83.8. The second-order valence-corrected chi connectivity index (χ2v) is 5.01. The molecule has 0 saturated carbocycles. The number of nitrogens with zero attached hydrogens (tertiary/aromatic N) is 2. The van der Waals surface area contributed by atoms with Crippen LogP contribution in [0.5, 0.6) is 12.0 Å². The van der Waals surface area contributed by atoms with Gasteiger partial charge in [-0.1, -0.05) is 0 Å². The molecule has 0 aromatic carbocycles. The van der Waals surface area contributed by atoms with Crippen molar-refractivity contribution in [1.29, 1.82) is 0 Å². The van der Waals surface area contributed by atoms with Gasteiger partial charge in [-0.05, 0) is 0 Å². The van der Waals surface area contributed by atoms with Crippen molar-refractivity contribution in [2.24, 2.45) is 0 Å². The van der Waals surface area contributed by atoms with E-state index < -0.39 is 45.6 Å². The maximum atomic E-state index is 11.1. The zero-order valence-corrected chi connectivity index (χ0v) is 21.4. The zero-order chi connectivity index (χ0) is 20.6. The molecule has 0 atom stereocenters. The molecule has 0 spiro atoms. The summed E-state index contributed by atoms with van der Waals surface area (Å²) in [7, 11) is 0. The van der Waals surface area contributed by atoms with E-state index in [4.69, 9.17) is 0 Å². The van der Waals surface area contributed by atoms with E-state index in [-0.39, 0.29) is 125 Å². The Labute approximate surface area is 245 Å². The van der Waals surface area contributed by atoms with Crippen molar-refractivity contribution in [3.63, 3.8) is 0 Å². The largest absolute Gasteiger partial charge is 1.00 e. The summed E-state index contributed by atoms with van der Waals surface area (Å²) in [6.07, 6.45) is 0. The van der Waals surface area contributed by atoms with Crippen molar-refractivity contribution in [1.82, 2.24) is 39.9 Å². The minimum atomic E-state index is -0.931. The number of hydrogen-bond donors (Lipinski definition) is 6. The van der Waals surface area contributed by atoms with E-state index >= 15 is 0 Å². The van der Waals surface area contributed by atoms with Gasteiger partial charge in [-0.25, -0.2) is 19.6 Å². The Kier molecular flexibility index (Phi) is 9.47. The number of hydrogen-bond acceptors (Lipinski definition) is 10. The van der Waals surface area contributed by atoms with Gasteiger partial charge < -0.3 is 30.1 Å². The van der Waals surface area contributed by atoms with Gasteiger partial charge in [0.1, 0.15) is 11.0 Å². The van der Waals surface area contributed by atoms with Crippen molar-refractivity contribution >= 4 is 22.1 Å². The van der Waals surface area contributed by atoms with Crippen LogP contribution in [0.4, 0.5) is 0 Å². The normalized spacial score (nSPS) is 9.87. The Morgan fingerprint density at radius 1 is 0.500 bits per heavy atom. The summed E-state index contributed by atoms with van der Waals surface area (Å²) >= 11 is 0. The van der Waals surface area contributed by atoms with E-state index in [0.717, 1.165) is 0 Å². The third-order valence-corrected chi connectivity index (χ3v) is 3.16. The van der Waals surface area contributed by atoms with Gasteiger partial charge in [0.05, 0.1) is 12.0 Å². The molecular formula is C12H6K2N8O8. The number of aromatic amines is 6. The van der Waals surface area contributed by atoms with Crippen LogP contribution in [0.1, 0.15) is 0 Å². The average Bonchev–Trinajstić information content (AvgIpc) is 2.58. The Morgan fingerprint density at radius 3 is 1.17 bits per heavy atom. The van der Waals surface area contributed by atoms with Gasteiger partial charge >= 0.3 is 114 Å². The smallest absolute Gasteiger partial charge is 0.846 e. The summed E-state index contributed by atoms with van der Waals surface area (Å²) in [5, 5.41) is 21.5. The fourth-order valence-corrected chi connectivity index (χ4v) is 2.08. The molecular weight excluding hydrogens is 462 g/mol. The molecule has 0 amide bonds. The number of aromatic nitrogens is 8. The number of fused-ring (bicyclic) bond motifs is 2. The first kappa shape index (κ1) is 26.5. The standard InChI is InChI=1S/2C6H4N4O4.2K/c2*11-3-1-2(8-6(14)9-3)4(12)10-5(13)7-1;;/h2*(H2,7,10,12,13)(H2,8,9,11,14);;/q;;2*+1/p-2. The molecule has 0 aliphatic rings. The molecule has 4 heterocycles. The molecule has 144 valence electrons. The molecule has 0 aliphatic carbocycles. The van der Waals surface area contributed by atoms with E-state index in [9.17, 15) is 39.0 Å². The molecule has 0 unspecified atom stereocenters. The van der Waals surface area contributed by atoms with Gasteiger partial charge in [-0.3, -0.25) is 29.1 Å². The van der Waals surface area contributed by atoms with Crippen LogP contribution in [-0.4, -0.2) is 39.9 Å². The molecule has 30 heavy (non-hydrogen) atoms. The average molecular weight is 468 g/mol. The minimum Gasteiger partial charge on any atom is -0.846 e. The first-order valence-electron chi connectivity index (χ1n) is 7.03. The Morgan fingerprint density at radius 2 is 0.833 bits per heavy atom. The Bertz CT molecular complexity index is 1460. The summed E-state index contributed by atoms with van der Waals surface area (Å²) in [5.41, 5.74) is -6.44. The molecule has 4 rings (SSSR count). The molecule has 0 saturated heterocycles.